The van der Waals surface area contributed by atoms with Crippen LogP contribution in [0.4, 0.5) is 0 Å². The monoisotopic (exact) mass is 457 g/mol. The largest absolute Gasteiger partial charge is 0.465 e. The topological polar surface area (TPSA) is 165 Å². The second-order valence-electron chi connectivity index (χ2n) is 7.15. The second kappa shape index (κ2) is 11.4. The number of esters is 5. The van der Waals surface area contributed by atoms with Crippen molar-refractivity contribution in [3.05, 3.63) is 0 Å². The van der Waals surface area contributed by atoms with Crippen molar-refractivity contribution in [2.24, 2.45) is 5.41 Å². The molecule has 0 aromatic rings. The molecule has 0 aromatic heterocycles. The van der Waals surface area contributed by atoms with Crippen LogP contribution in [0.25, 0.3) is 0 Å². The molecule has 0 amide bonds. The van der Waals surface area contributed by atoms with Gasteiger partial charge in [-0.3, -0.25) is 24.0 Å². The standard InChI is InChI=1S/C20H27NO11/c1-7-27-19(26)20(6,9-21)18-17(31-13(5)25)16(30-12(4)24)15(29-11(3)23)14(32-18)8-28-10(2)22/h14-18H,7-8H2,1-6H3/t14-,15-,16+,17-,18-,20-/m1/s1. The maximum Gasteiger partial charge on any atom is 0.329 e. The van der Waals surface area contributed by atoms with Crippen LogP contribution in [0.1, 0.15) is 41.5 Å². The van der Waals surface area contributed by atoms with Crippen LogP contribution >= 0.6 is 0 Å². The third-order valence-electron chi connectivity index (χ3n) is 4.49. The van der Waals surface area contributed by atoms with Crippen molar-refractivity contribution in [3.8, 4) is 6.07 Å². The van der Waals surface area contributed by atoms with E-state index in [-0.39, 0.29) is 6.61 Å². The van der Waals surface area contributed by atoms with Crippen molar-refractivity contribution >= 4 is 29.8 Å². The number of carbonyl (C=O) groups excluding carboxylic acids is 5. The fraction of sp³-hybridized carbons (Fsp3) is 0.700. The van der Waals surface area contributed by atoms with E-state index in [1.54, 1.807) is 6.07 Å². The van der Waals surface area contributed by atoms with Crippen LogP contribution in [-0.2, 0) is 52.4 Å². The van der Waals surface area contributed by atoms with E-state index in [1.165, 1.54) is 13.8 Å². The lowest BCUT2D eigenvalue weighted by molar-refractivity contribution is -0.266. The Kier molecular flexibility index (Phi) is 9.58. The Hall–Kier alpha value is -3.20. The zero-order valence-electron chi connectivity index (χ0n) is 18.7. The molecule has 0 bridgehead atoms. The third kappa shape index (κ3) is 6.65. The first kappa shape index (κ1) is 26.8. The molecule has 1 heterocycles. The molecule has 1 rings (SSSR count). The maximum atomic E-state index is 12.6. The van der Waals surface area contributed by atoms with E-state index >= 15 is 0 Å². The number of hydrogen-bond donors (Lipinski definition) is 0. The Balaban J connectivity index is 3.63. The minimum Gasteiger partial charge on any atom is -0.465 e. The molecule has 0 saturated carbocycles. The van der Waals surface area contributed by atoms with E-state index in [1.807, 2.05) is 0 Å². The minimum absolute atomic E-state index is 0.0542. The highest BCUT2D eigenvalue weighted by atomic mass is 16.7. The van der Waals surface area contributed by atoms with Gasteiger partial charge < -0.3 is 28.4 Å². The number of carbonyl (C=O) groups is 5. The Bertz CT molecular complexity index is 789. The summed E-state index contributed by atoms with van der Waals surface area (Å²) in [4.78, 5) is 59.4. The van der Waals surface area contributed by atoms with Crippen LogP contribution < -0.4 is 0 Å². The highest BCUT2D eigenvalue weighted by Gasteiger charge is 2.60. The smallest absolute Gasteiger partial charge is 0.329 e. The van der Waals surface area contributed by atoms with E-state index in [0.717, 1.165) is 27.7 Å². The molecule has 0 aliphatic carbocycles. The van der Waals surface area contributed by atoms with Crippen LogP contribution in [-0.4, -0.2) is 73.6 Å². The molecule has 0 unspecified atom stereocenters. The van der Waals surface area contributed by atoms with Crippen molar-refractivity contribution in [3.63, 3.8) is 0 Å². The Morgan fingerprint density at radius 2 is 1.34 bits per heavy atom. The molecule has 32 heavy (non-hydrogen) atoms. The predicted octanol–water partition coefficient (Wildman–Crippen LogP) is 0.205. The van der Waals surface area contributed by atoms with Gasteiger partial charge in [0, 0.05) is 27.7 Å². The van der Waals surface area contributed by atoms with Crippen LogP contribution in [0.15, 0.2) is 0 Å². The first-order valence-electron chi connectivity index (χ1n) is 9.76. The summed E-state index contributed by atoms with van der Waals surface area (Å²) >= 11 is 0. The summed E-state index contributed by atoms with van der Waals surface area (Å²) in [6.07, 6.45) is -7.22. The molecule has 1 aliphatic rings. The van der Waals surface area contributed by atoms with Crippen molar-refractivity contribution in [1.29, 1.82) is 5.26 Å². The average Bonchev–Trinajstić information content (AvgIpc) is 2.68. The third-order valence-corrected chi connectivity index (χ3v) is 4.49. The van der Waals surface area contributed by atoms with Gasteiger partial charge >= 0.3 is 29.8 Å². The van der Waals surface area contributed by atoms with Crippen molar-refractivity contribution in [2.75, 3.05) is 13.2 Å². The van der Waals surface area contributed by atoms with Crippen LogP contribution in [0, 0.1) is 16.7 Å². The molecular weight excluding hydrogens is 430 g/mol. The summed E-state index contributed by atoms with van der Waals surface area (Å²) in [6, 6.07) is 1.80. The highest BCUT2D eigenvalue weighted by Crippen LogP contribution is 2.38. The molecule has 0 spiro atoms. The molecule has 1 saturated heterocycles. The van der Waals surface area contributed by atoms with Crippen LogP contribution in [0.3, 0.4) is 0 Å². The van der Waals surface area contributed by atoms with Gasteiger partial charge in [-0.15, -0.1) is 0 Å². The van der Waals surface area contributed by atoms with Crippen LogP contribution in [0.2, 0.25) is 0 Å². The number of rotatable bonds is 8. The number of nitrogens with zero attached hydrogens (tertiary/aromatic N) is 1. The van der Waals surface area contributed by atoms with Gasteiger partial charge in [0.1, 0.15) is 18.8 Å². The predicted molar refractivity (Wildman–Crippen MR) is 102 cm³/mol. The van der Waals surface area contributed by atoms with Gasteiger partial charge in [0.25, 0.3) is 0 Å². The molecule has 0 radical (unpaired) electrons. The second-order valence-corrected chi connectivity index (χ2v) is 7.15. The van der Waals surface area contributed by atoms with Gasteiger partial charge in [-0.05, 0) is 13.8 Å². The van der Waals surface area contributed by atoms with Crippen molar-refractivity contribution < 1.29 is 52.4 Å². The van der Waals surface area contributed by atoms with E-state index in [2.05, 4.69) is 0 Å². The first-order valence-corrected chi connectivity index (χ1v) is 9.76. The fourth-order valence-corrected chi connectivity index (χ4v) is 3.20. The van der Waals surface area contributed by atoms with Crippen LogP contribution in [0.5, 0.6) is 0 Å². The van der Waals surface area contributed by atoms with Crippen molar-refractivity contribution in [1.82, 2.24) is 0 Å². The zero-order chi connectivity index (χ0) is 24.6. The highest BCUT2D eigenvalue weighted by molar-refractivity contribution is 5.81. The Labute approximate surface area is 185 Å². The summed E-state index contributed by atoms with van der Waals surface area (Å²) in [5.41, 5.74) is -2.04. The van der Waals surface area contributed by atoms with Gasteiger partial charge in [0.2, 0.25) is 0 Å². The van der Waals surface area contributed by atoms with E-state index < -0.39 is 72.4 Å². The molecule has 12 heteroatoms. The van der Waals surface area contributed by atoms with Gasteiger partial charge in [-0.25, -0.2) is 0 Å². The molecule has 12 nitrogen and oxygen atoms in total. The van der Waals surface area contributed by atoms with Gasteiger partial charge in [-0.1, -0.05) is 0 Å². The number of nitriles is 1. The number of ether oxygens (including phenoxy) is 6. The van der Waals surface area contributed by atoms with Gasteiger partial charge in [-0.2, -0.15) is 5.26 Å². The molecule has 0 N–H and O–H groups in total. The summed E-state index contributed by atoms with van der Waals surface area (Å²) in [7, 11) is 0. The lowest BCUT2D eigenvalue weighted by Crippen LogP contribution is -2.66. The summed E-state index contributed by atoms with van der Waals surface area (Å²) in [5, 5.41) is 9.82. The molecule has 1 aliphatic heterocycles. The van der Waals surface area contributed by atoms with E-state index in [0.29, 0.717) is 0 Å². The normalized spacial score (nSPS) is 26.5. The average molecular weight is 457 g/mol. The SMILES string of the molecule is CCOC(=O)[C@](C)(C#N)[C@@H]1O[C@H](COC(C)=O)[C@@H](OC(C)=O)[C@H](OC(C)=O)[C@H]1OC(C)=O. The quantitative estimate of drug-likeness (QED) is 0.360. The minimum atomic E-state index is -2.04. The first-order chi connectivity index (χ1) is 14.9. The lowest BCUT2D eigenvalue weighted by Gasteiger charge is -2.47. The van der Waals surface area contributed by atoms with E-state index in [9.17, 15) is 29.2 Å². The lowest BCUT2D eigenvalue weighted by atomic mass is 9.77. The molecule has 0 aromatic carbocycles. The maximum absolute atomic E-state index is 12.6. The van der Waals surface area contributed by atoms with Gasteiger partial charge in [0.05, 0.1) is 12.7 Å². The molecule has 1 fully saturated rings. The molecule has 6 atom stereocenters. The Morgan fingerprint density at radius 1 is 0.844 bits per heavy atom. The summed E-state index contributed by atoms with van der Waals surface area (Å²) < 4.78 is 31.6. The Morgan fingerprint density at radius 3 is 1.78 bits per heavy atom. The van der Waals surface area contributed by atoms with Gasteiger partial charge in [0.15, 0.2) is 23.7 Å². The summed E-state index contributed by atoms with van der Waals surface area (Å²) in [6.45, 7) is 6.54. The zero-order valence-corrected chi connectivity index (χ0v) is 18.7. The van der Waals surface area contributed by atoms with Crippen molar-refractivity contribution in [2.45, 2.75) is 72.1 Å². The molecule has 178 valence electrons. The number of hydrogen-bond acceptors (Lipinski definition) is 12. The van der Waals surface area contributed by atoms with E-state index in [4.69, 9.17) is 28.4 Å². The summed E-state index contributed by atoms with van der Waals surface area (Å²) in [5.74, 6) is -4.14. The fourth-order valence-electron chi connectivity index (χ4n) is 3.20. The molecular formula is C20H27NO11.